The van der Waals surface area contributed by atoms with Gasteiger partial charge in [0.25, 0.3) is 0 Å². The molecule has 0 saturated carbocycles. The van der Waals surface area contributed by atoms with Gasteiger partial charge in [-0.15, -0.1) is 0 Å². The second-order valence-electron chi connectivity index (χ2n) is 3.92. The first kappa shape index (κ1) is 11.4. The predicted octanol–water partition coefficient (Wildman–Crippen LogP) is 2.90. The average molecular weight is 238 g/mol. The van der Waals surface area contributed by atoms with Crippen molar-refractivity contribution < 1.29 is 0 Å². The van der Waals surface area contributed by atoms with E-state index in [2.05, 4.69) is 28.7 Å². The lowest BCUT2D eigenvalue weighted by molar-refractivity contribution is 0.551. The minimum Gasteiger partial charge on any atom is -0.329 e. The van der Waals surface area contributed by atoms with Crippen LogP contribution in [-0.2, 0) is 7.05 Å². The molecule has 1 atom stereocenters. The topological polar surface area (TPSA) is 29.9 Å². The Kier molecular flexibility index (Phi) is 3.17. The summed E-state index contributed by atoms with van der Waals surface area (Å²) < 4.78 is 2.06. The van der Waals surface area contributed by atoms with Gasteiger partial charge in [-0.25, -0.2) is 4.98 Å². The molecule has 0 aliphatic heterocycles. The third-order valence-corrected chi connectivity index (χ3v) is 3.08. The van der Waals surface area contributed by atoms with Crippen molar-refractivity contribution in [2.45, 2.75) is 19.9 Å². The molecule has 16 heavy (non-hydrogen) atoms. The molecule has 0 fully saturated rings. The van der Waals surface area contributed by atoms with Crippen LogP contribution in [0.25, 0.3) is 11.0 Å². The zero-order valence-electron chi connectivity index (χ0n) is 9.79. The van der Waals surface area contributed by atoms with Crippen molar-refractivity contribution in [3.8, 4) is 0 Å². The summed E-state index contributed by atoms with van der Waals surface area (Å²) in [5.74, 6) is 1.02. The van der Waals surface area contributed by atoms with Crippen LogP contribution in [0.4, 0.5) is 0 Å². The number of halogens is 1. The number of nitrogens with zero attached hydrogens (tertiary/aromatic N) is 2. The van der Waals surface area contributed by atoms with Crippen molar-refractivity contribution in [1.29, 1.82) is 0 Å². The van der Waals surface area contributed by atoms with Crippen molar-refractivity contribution in [2.24, 2.45) is 7.05 Å². The number of hydrogen-bond acceptors (Lipinski definition) is 2. The highest BCUT2D eigenvalue weighted by molar-refractivity contribution is 6.35. The van der Waals surface area contributed by atoms with Gasteiger partial charge < -0.3 is 9.88 Å². The van der Waals surface area contributed by atoms with E-state index >= 15 is 0 Å². The minimum absolute atomic E-state index is 0.235. The molecular weight excluding hydrogens is 222 g/mol. The second-order valence-corrected chi connectivity index (χ2v) is 4.32. The summed E-state index contributed by atoms with van der Waals surface area (Å²) in [4.78, 5) is 4.61. The smallest absolute Gasteiger partial charge is 0.126 e. The molecule has 2 rings (SSSR count). The molecule has 1 N–H and O–H groups in total. The summed E-state index contributed by atoms with van der Waals surface area (Å²) in [6.07, 6.45) is 0. The molecule has 1 heterocycles. The number of hydrogen-bond donors (Lipinski definition) is 1. The Balaban J connectivity index is 2.56. The van der Waals surface area contributed by atoms with Crippen LogP contribution in [0.15, 0.2) is 18.2 Å². The molecule has 0 aliphatic carbocycles. The van der Waals surface area contributed by atoms with Gasteiger partial charge >= 0.3 is 0 Å². The van der Waals surface area contributed by atoms with Gasteiger partial charge in [0.05, 0.1) is 22.1 Å². The van der Waals surface area contributed by atoms with Gasteiger partial charge in [-0.05, 0) is 25.6 Å². The van der Waals surface area contributed by atoms with E-state index in [1.165, 1.54) is 0 Å². The van der Waals surface area contributed by atoms with Crippen LogP contribution in [0.1, 0.15) is 25.7 Å². The number of benzene rings is 1. The summed E-state index contributed by atoms with van der Waals surface area (Å²) in [6.45, 7) is 5.13. The van der Waals surface area contributed by atoms with Gasteiger partial charge in [-0.2, -0.15) is 0 Å². The molecule has 0 aliphatic rings. The molecule has 3 nitrogen and oxygen atoms in total. The van der Waals surface area contributed by atoms with Crippen LogP contribution < -0.4 is 5.32 Å². The lowest BCUT2D eigenvalue weighted by Gasteiger charge is -2.11. The Morgan fingerprint density at radius 1 is 1.50 bits per heavy atom. The third-order valence-electron chi connectivity index (χ3n) is 2.78. The lowest BCUT2D eigenvalue weighted by Crippen LogP contribution is -2.20. The average Bonchev–Trinajstić information content (AvgIpc) is 2.58. The van der Waals surface area contributed by atoms with Crippen LogP contribution in [0.5, 0.6) is 0 Å². The van der Waals surface area contributed by atoms with E-state index < -0.39 is 0 Å². The van der Waals surface area contributed by atoms with E-state index in [0.717, 1.165) is 28.4 Å². The van der Waals surface area contributed by atoms with E-state index in [-0.39, 0.29) is 6.04 Å². The van der Waals surface area contributed by atoms with Crippen molar-refractivity contribution in [3.05, 3.63) is 29.0 Å². The van der Waals surface area contributed by atoms with Gasteiger partial charge in [-0.1, -0.05) is 24.6 Å². The van der Waals surface area contributed by atoms with E-state index in [9.17, 15) is 0 Å². The molecule has 0 radical (unpaired) electrons. The number of aromatic nitrogens is 2. The maximum absolute atomic E-state index is 6.18. The second kappa shape index (κ2) is 4.44. The van der Waals surface area contributed by atoms with Crippen molar-refractivity contribution in [3.63, 3.8) is 0 Å². The molecule has 1 aromatic heterocycles. The van der Waals surface area contributed by atoms with Crippen molar-refractivity contribution in [1.82, 2.24) is 14.9 Å². The van der Waals surface area contributed by atoms with Gasteiger partial charge in [0, 0.05) is 7.05 Å². The van der Waals surface area contributed by atoms with Crippen molar-refractivity contribution >= 4 is 22.6 Å². The molecule has 0 spiro atoms. The van der Waals surface area contributed by atoms with Crippen molar-refractivity contribution in [2.75, 3.05) is 6.54 Å². The number of para-hydroxylation sites is 1. The summed E-state index contributed by atoms with van der Waals surface area (Å²) in [5.41, 5.74) is 1.96. The zero-order chi connectivity index (χ0) is 11.7. The number of imidazole rings is 1. The number of aryl methyl sites for hydroxylation is 1. The summed E-state index contributed by atoms with van der Waals surface area (Å²) >= 11 is 6.18. The van der Waals surface area contributed by atoms with Gasteiger partial charge in [-0.3, -0.25) is 0 Å². The first-order chi connectivity index (χ1) is 7.65. The van der Waals surface area contributed by atoms with E-state index in [0.29, 0.717) is 0 Å². The number of nitrogens with one attached hydrogen (secondary N) is 1. The Bertz CT molecular complexity index is 504. The molecule has 1 aromatic carbocycles. The third kappa shape index (κ3) is 1.81. The van der Waals surface area contributed by atoms with Gasteiger partial charge in [0.2, 0.25) is 0 Å². The van der Waals surface area contributed by atoms with Gasteiger partial charge in [0.15, 0.2) is 0 Å². The van der Waals surface area contributed by atoms with Crippen LogP contribution in [-0.4, -0.2) is 16.1 Å². The monoisotopic (exact) mass is 237 g/mol. The summed E-state index contributed by atoms with van der Waals surface area (Å²) in [5, 5.41) is 4.11. The quantitative estimate of drug-likeness (QED) is 0.890. The fraction of sp³-hybridized carbons (Fsp3) is 0.417. The zero-order valence-corrected chi connectivity index (χ0v) is 10.5. The Morgan fingerprint density at radius 2 is 2.25 bits per heavy atom. The normalized spacial score (nSPS) is 13.2. The fourth-order valence-corrected chi connectivity index (χ4v) is 2.32. The van der Waals surface area contributed by atoms with Crippen LogP contribution >= 0.6 is 11.6 Å². The molecule has 4 heteroatoms. The predicted molar refractivity (Wildman–Crippen MR) is 67.8 cm³/mol. The molecule has 0 saturated heterocycles. The first-order valence-corrected chi connectivity index (χ1v) is 5.87. The Morgan fingerprint density at radius 3 is 2.88 bits per heavy atom. The molecule has 86 valence electrons. The van der Waals surface area contributed by atoms with E-state index in [1.807, 2.05) is 25.2 Å². The highest BCUT2D eigenvalue weighted by atomic mass is 35.5. The maximum atomic E-state index is 6.18. The Labute approximate surface area is 100 Å². The molecule has 0 amide bonds. The van der Waals surface area contributed by atoms with Crippen LogP contribution in [0, 0.1) is 0 Å². The molecule has 0 bridgehead atoms. The summed E-state index contributed by atoms with van der Waals surface area (Å²) in [6, 6.07) is 6.05. The van der Waals surface area contributed by atoms with E-state index in [1.54, 1.807) is 0 Å². The number of rotatable bonds is 3. The minimum atomic E-state index is 0.235. The fourth-order valence-electron chi connectivity index (χ4n) is 2.02. The molecule has 2 aromatic rings. The largest absolute Gasteiger partial charge is 0.329 e. The van der Waals surface area contributed by atoms with Crippen LogP contribution in [0.2, 0.25) is 5.02 Å². The van der Waals surface area contributed by atoms with Gasteiger partial charge in [0.1, 0.15) is 5.82 Å². The van der Waals surface area contributed by atoms with E-state index in [4.69, 9.17) is 11.6 Å². The maximum Gasteiger partial charge on any atom is 0.126 e. The standard InChI is InChI=1S/C12H16ClN3/c1-4-14-8(2)12-15-10-7-5-6-9(13)11(10)16(12)3/h5-8,14H,4H2,1-3H3. The lowest BCUT2D eigenvalue weighted by atomic mass is 10.3. The Hall–Kier alpha value is -1.06. The molecular formula is C12H16ClN3. The SMILES string of the molecule is CCNC(C)c1nc2cccc(Cl)c2n1C. The summed E-state index contributed by atoms with van der Waals surface area (Å²) in [7, 11) is 2.00. The molecule has 1 unspecified atom stereocenters. The number of fused-ring (bicyclic) bond motifs is 1. The first-order valence-electron chi connectivity index (χ1n) is 5.49. The highest BCUT2D eigenvalue weighted by Crippen LogP contribution is 2.25. The van der Waals surface area contributed by atoms with Crippen LogP contribution in [0.3, 0.4) is 0 Å². The highest BCUT2D eigenvalue weighted by Gasteiger charge is 2.14.